The molecule has 1 aliphatic heterocycles. The smallest absolute Gasteiger partial charge is 0.407 e. The van der Waals surface area contributed by atoms with Crippen LogP contribution in [-0.2, 0) is 4.74 Å². The van der Waals surface area contributed by atoms with Gasteiger partial charge in [0.25, 0.3) is 0 Å². The lowest BCUT2D eigenvalue weighted by Gasteiger charge is -2.37. The van der Waals surface area contributed by atoms with Gasteiger partial charge in [0.1, 0.15) is 22.8 Å². The van der Waals surface area contributed by atoms with Gasteiger partial charge in [-0.1, -0.05) is 18.5 Å². The number of fused-ring (bicyclic) bond motifs is 1. The Hall–Kier alpha value is -2.87. The molecule has 1 amide bonds. The van der Waals surface area contributed by atoms with Gasteiger partial charge in [0.05, 0.1) is 17.3 Å². The predicted molar refractivity (Wildman–Crippen MR) is 120 cm³/mol. The molecular formula is C22H27ClN6O2. The molecule has 31 heavy (non-hydrogen) atoms. The topological polar surface area (TPSA) is 84.6 Å². The van der Waals surface area contributed by atoms with Crippen molar-refractivity contribution in [2.45, 2.75) is 45.8 Å². The van der Waals surface area contributed by atoms with E-state index in [0.29, 0.717) is 23.3 Å². The van der Waals surface area contributed by atoms with Gasteiger partial charge >= 0.3 is 6.09 Å². The van der Waals surface area contributed by atoms with E-state index in [1.165, 1.54) is 0 Å². The molecule has 4 heterocycles. The molecule has 4 rings (SSSR count). The van der Waals surface area contributed by atoms with Crippen LogP contribution in [0.3, 0.4) is 0 Å². The normalized spacial score (nSPS) is 19.5. The fourth-order valence-corrected chi connectivity index (χ4v) is 4.05. The van der Waals surface area contributed by atoms with Gasteiger partial charge in [-0.15, -0.1) is 0 Å². The number of nitrogens with zero attached hydrogens (tertiary/aromatic N) is 5. The summed E-state index contributed by atoms with van der Waals surface area (Å²) in [5, 5.41) is 3.62. The number of ether oxygens (including phenoxy) is 1. The van der Waals surface area contributed by atoms with Crippen LogP contribution in [0.1, 0.15) is 34.1 Å². The Labute approximate surface area is 186 Å². The average molecular weight is 443 g/mol. The molecule has 1 saturated heterocycles. The molecule has 0 spiro atoms. The van der Waals surface area contributed by atoms with Gasteiger partial charge in [0, 0.05) is 25.5 Å². The second-order valence-electron chi connectivity index (χ2n) is 9.05. The maximum absolute atomic E-state index is 12.2. The highest BCUT2D eigenvalue weighted by atomic mass is 35.5. The largest absolute Gasteiger partial charge is 0.444 e. The van der Waals surface area contributed by atoms with Gasteiger partial charge < -0.3 is 15.0 Å². The van der Waals surface area contributed by atoms with Crippen LogP contribution in [0.4, 0.5) is 10.6 Å². The Kier molecular flexibility index (Phi) is 5.75. The third-order valence-electron chi connectivity index (χ3n) is 5.04. The molecule has 0 bridgehead atoms. The molecule has 3 aromatic rings. The summed E-state index contributed by atoms with van der Waals surface area (Å²) in [5.41, 5.74) is 1.03. The number of halogens is 1. The second kappa shape index (κ2) is 8.34. The van der Waals surface area contributed by atoms with Crippen LogP contribution >= 0.6 is 11.6 Å². The van der Waals surface area contributed by atoms with Crippen molar-refractivity contribution < 1.29 is 9.53 Å². The van der Waals surface area contributed by atoms with Crippen molar-refractivity contribution in [3.63, 3.8) is 0 Å². The van der Waals surface area contributed by atoms with Crippen molar-refractivity contribution in [2.75, 3.05) is 18.0 Å². The molecular weight excluding hydrogens is 416 g/mol. The molecule has 3 aromatic heterocycles. The molecule has 1 aliphatic rings. The first kappa shape index (κ1) is 21.4. The van der Waals surface area contributed by atoms with Gasteiger partial charge in [0.15, 0.2) is 5.82 Å². The van der Waals surface area contributed by atoms with Crippen LogP contribution in [0, 0.1) is 5.92 Å². The summed E-state index contributed by atoms with van der Waals surface area (Å²) >= 11 is 6.16. The Morgan fingerprint density at radius 3 is 2.81 bits per heavy atom. The second-order valence-corrected chi connectivity index (χ2v) is 9.48. The summed E-state index contributed by atoms with van der Waals surface area (Å²) in [6.07, 6.45) is 5.80. The van der Waals surface area contributed by atoms with Crippen LogP contribution in [0.5, 0.6) is 0 Å². The number of imidazole rings is 1. The van der Waals surface area contributed by atoms with E-state index in [1.54, 1.807) is 24.7 Å². The van der Waals surface area contributed by atoms with E-state index in [-0.39, 0.29) is 6.04 Å². The summed E-state index contributed by atoms with van der Waals surface area (Å²) < 4.78 is 7.30. The molecule has 2 atom stereocenters. The zero-order valence-corrected chi connectivity index (χ0v) is 18.9. The van der Waals surface area contributed by atoms with Crippen LogP contribution < -0.4 is 10.2 Å². The third-order valence-corrected chi connectivity index (χ3v) is 5.27. The van der Waals surface area contributed by atoms with E-state index in [4.69, 9.17) is 21.3 Å². The molecule has 8 nitrogen and oxygen atoms in total. The molecule has 164 valence electrons. The lowest BCUT2D eigenvalue weighted by atomic mass is 9.96. The first-order valence-electron chi connectivity index (χ1n) is 10.4. The standard InChI is InChI=1S/C22H27ClN6O2/c1-14-9-16(26-21(30)31-22(2,3)4)13-28(11-14)19-7-8-24-20(27-19)17-10-25-18-6-5-15(23)12-29(17)18/h5-8,10,12,14,16H,9,11,13H2,1-4H3,(H,26,30)/t14-,16-/m1/s1. The number of hydrogen-bond acceptors (Lipinski definition) is 6. The molecule has 0 aromatic carbocycles. The SMILES string of the molecule is C[C@@H]1C[C@@H](NC(=O)OC(C)(C)C)CN(c2ccnc(-c3cnc4ccc(Cl)cn34)n2)C1. The summed E-state index contributed by atoms with van der Waals surface area (Å²) in [4.78, 5) is 28.1. The minimum absolute atomic E-state index is 0.0216. The number of alkyl carbamates (subject to hydrolysis) is 1. The van der Waals surface area contributed by atoms with Crippen molar-refractivity contribution in [1.29, 1.82) is 0 Å². The van der Waals surface area contributed by atoms with Gasteiger partial charge in [-0.25, -0.2) is 19.7 Å². The maximum atomic E-state index is 12.2. The van der Waals surface area contributed by atoms with E-state index in [0.717, 1.165) is 30.1 Å². The molecule has 0 unspecified atom stereocenters. The lowest BCUT2D eigenvalue weighted by Crippen LogP contribution is -2.51. The number of nitrogens with one attached hydrogen (secondary N) is 1. The zero-order chi connectivity index (χ0) is 22.2. The van der Waals surface area contributed by atoms with Gasteiger partial charge in [-0.3, -0.25) is 4.40 Å². The minimum Gasteiger partial charge on any atom is -0.444 e. The fraction of sp³-hybridized carbons (Fsp3) is 0.455. The Balaban J connectivity index is 1.55. The van der Waals surface area contributed by atoms with Crippen molar-refractivity contribution in [3.05, 3.63) is 41.8 Å². The minimum atomic E-state index is -0.525. The maximum Gasteiger partial charge on any atom is 0.407 e. The number of hydrogen-bond donors (Lipinski definition) is 1. The Morgan fingerprint density at radius 2 is 2.03 bits per heavy atom. The van der Waals surface area contributed by atoms with E-state index in [1.807, 2.05) is 37.3 Å². The highest BCUT2D eigenvalue weighted by Crippen LogP contribution is 2.25. The van der Waals surface area contributed by atoms with Crippen LogP contribution in [0.2, 0.25) is 5.02 Å². The molecule has 0 radical (unpaired) electrons. The Morgan fingerprint density at radius 1 is 1.23 bits per heavy atom. The molecule has 9 heteroatoms. The first-order valence-corrected chi connectivity index (χ1v) is 10.8. The number of carbonyl (C=O) groups is 1. The highest BCUT2D eigenvalue weighted by molar-refractivity contribution is 6.30. The van der Waals surface area contributed by atoms with Crippen molar-refractivity contribution in [3.8, 4) is 11.5 Å². The van der Waals surface area contributed by atoms with Gasteiger partial charge in [0.2, 0.25) is 0 Å². The fourth-order valence-electron chi connectivity index (χ4n) is 3.89. The van der Waals surface area contributed by atoms with Crippen molar-refractivity contribution >= 4 is 29.2 Å². The number of piperidine rings is 1. The van der Waals surface area contributed by atoms with E-state index in [2.05, 4.69) is 27.1 Å². The number of aromatic nitrogens is 4. The lowest BCUT2D eigenvalue weighted by molar-refractivity contribution is 0.0495. The number of amides is 1. The van der Waals surface area contributed by atoms with Crippen molar-refractivity contribution in [1.82, 2.24) is 24.7 Å². The average Bonchev–Trinajstić information content (AvgIpc) is 3.09. The number of rotatable bonds is 3. The molecule has 1 fully saturated rings. The first-order chi connectivity index (χ1) is 14.7. The Bertz CT molecular complexity index is 1090. The van der Waals surface area contributed by atoms with Crippen LogP contribution in [0.15, 0.2) is 36.8 Å². The quantitative estimate of drug-likeness (QED) is 0.654. The number of anilines is 1. The van der Waals surface area contributed by atoms with Crippen LogP contribution in [-0.4, -0.2) is 50.2 Å². The predicted octanol–water partition coefficient (Wildman–Crippen LogP) is 4.18. The van der Waals surface area contributed by atoms with E-state index in [9.17, 15) is 4.79 Å². The van der Waals surface area contributed by atoms with E-state index < -0.39 is 11.7 Å². The molecule has 1 N–H and O–H groups in total. The highest BCUT2D eigenvalue weighted by Gasteiger charge is 2.28. The number of pyridine rings is 1. The zero-order valence-electron chi connectivity index (χ0n) is 18.2. The molecule has 0 saturated carbocycles. The summed E-state index contributed by atoms with van der Waals surface area (Å²) in [6, 6.07) is 5.53. The van der Waals surface area contributed by atoms with Crippen molar-refractivity contribution in [2.24, 2.45) is 5.92 Å². The summed E-state index contributed by atoms with van der Waals surface area (Å²) in [7, 11) is 0. The molecule has 0 aliphatic carbocycles. The summed E-state index contributed by atoms with van der Waals surface area (Å²) in [5.74, 6) is 1.77. The van der Waals surface area contributed by atoms with Crippen LogP contribution in [0.25, 0.3) is 17.2 Å². The monoisotopic (exact) mass is 442 g/mol. The van der Waals surface area contributed by atoms with Gasteiger partial charge in [-0.2, -0.15) is 0 Å². The number of carbonyl (C=O) groups excluding carboxylic acids is 1. The summed E-state index contributed by atoms with van der Waals surface area (Å²) in [6.45, 7) is 9.25. The van der Waals surface area contributed by atoms with Gasteiger partial charge in [-0.05, 0) is 51.3 Å². The third kappa shape index (κ3) is 5.07. The van der Waals surface area contributed by atoms with E-state index >= 15 is 0 Å².